The van der Waals surface area contributed by atoms with Crippen molar-refractivity contribution in [3.63, 3.8) is 0 Å². The Balaban J connectivity index is 1.21. The van der Waals surface area contributed by atoms with Gasteiger partial charge in [0.25, 0.3) is 0 Å². The summed E-state index contributed by atoms with van der Waals surface area (Å²) < 4.78 is 18.0. The minimum absolute atomic E-state index is 0.0201. The van der Waals surface area contributed by atoms with Gasteiger partial charge >= 0.3 is 12.2 Å². The number of fused-ring (bicyclic) bond motifs is 1. The molecule has 296 valence electrons. The number of methoxy groups -OCH3 is 1. The van der Waals surface area contributed by atoms with Crippen molar-refractivity contribution >= 4 is 54.4 Å². The van der Waals surface area contributed by atoms with Crippen molar-refractivity contribution in [1.82, 2.24) is 10.3 Å². The number of H-pyrrole nitrogens is 1. The van der Waals surface area contributed by atoms with Gasteiger partial charge in [0.2, 0.25) is 5.56 Å². The Morgan fingerprint density at radius 1 is 0.946 bits per heavy atom. The smallest absolute Gasteiger partial charge is 0.411 e. The Bertz CT molecular complexity index is 2240. The minimum Gasteiger partial charge on any atom is -0.506 e. The molecule has 4 aromatic carbocycles. The van der Waals surface area contributed by atoms with E-state index in [-0.39, 0.29) is 23.0 Å². The zero-order chi connectivity index (χ0) is 40.6. The van der Waals surface area contributed by atoms with E-state index < -0.39 is 26.6 Å². The van der Waals surface area contributed by atoms with Crippen LogP contribution in [0.15, 0.2) is 89.7 Å². The lowest BCUT2D eigenvalue weighted by atomic mass is 10.00. The Hall–Kier alpha value is -5.34. The van der Waals surface area contributed by atoms with Gasteiger partial charge in [0.05, 0.1) is 41.7 Å². The molecule has 0 unspecified atom stereocenters. The van der Waals surface area contributed by atoms with Crippen LogP contribution in [0.4, 0.5) is 21.0 Å². The second kappa shape index (κ2) is 18.1. The highest BCUT2D eigenvalue weighted by molar-refractivity contribution is 6.74. The number of carboxylic acid groups (broad SMARTS) is 1. The first-order valence-corrected chi connectivity index (χ1v) is 21.6. The van der Waals surface area contributed by atoms with E-state index in [1.54, 1.807) is 30.3 Å². The van der Waals surface area contributed by atoms with Crippen LogP contribution in [-0.2, 0) is 22.1 Å². The van der Waals surface area contributed by atoms with Crippen LogP contribution in [0.1, 0.15) is 50.0 Å². The number of amides is 2. The van der Waals surface area contributed by atoms with Crippen LogP contribution in [0.25, 0.3) is 22.0 Å². The fourth-order valence-corrected chi connectivity index (χ4v) is 7.57. The summed E-state index contributed by atoms with van der Waals surface area (Å²) in [6.07, 6.45) is -1.19. The van der Waals surface area contributed by atoms with Gasteiger partial charge in [0.15, 0.2) is 8.32 Å². The summed E-state index contributed by atoms with van der Waals surface area (Å²) in [5.41, 5.74) is 4.97. The quantitative estimate of drug-likeness (QED) is 0.0446. The van der Waals surface area contributed by atoms with Gasteiger partial charge in [0.1, 0.15) is 11.5 Å². The van der Waals surface area contributed by atoms with Crippen LogP contribution >= 0.6 is 11.6 Å². The Morgan fingerprint density at radius 2 is 1.70 bits per heavy atom. The van der Waals surface area contributed by atoms with Crippen LogP contribution in [-0.4, -0.2) is 56.0 Å². The fourth-order valence-electron chi connectivity index (χ4n) is 6.07. The van der Waals surface area contributed by atoms with Gasteiger partial charge in [-0.1, -0.05) is 80.9 Å². The van der Waals surface area contributed by atoms with Crippen molar-refractivity contribution in [2.24, 2.45) is 0 Å². The predicted octanol–water partition coefficient (Wildman–Crippen LogP) is 9.69. The van der Waals surface area contributed by atoms with Crippen LogP contribution in [0, 0.1) is 0 Å². The molecule has 0 spiro atoms. The third-order valence-electron chi connectivity index (χ3n) is 10.0. The molecule has 14 heteroatoms. The SMILES string of the molecule is COc1cc(NC(=O)OCCCc2ccc(-c3ccccc3)c(NC(=O)O)c2)c(Cl)cc1CNC[C@@H](O[Si](C)(C)C(C)(C)C)c1ccc(O)c2[nH]c(=O)ccc12. The largest absolute Gasteiger partial charge is 0.506 e. The third kappa shape index (κ3) is 10.5. The molecule has 0 bridgehead atoms. The number of aromatic nitrogens is 1. The van der Waals surface area contributed by atoms with Gasteiger partial charge in [-0.15, -0.1) is 0 Å². The number of nitrogens with one attached hydrogen (secondary N) is 4. The molecule has 1 heterocycles. The van der Waals surface area contributed by atoms with E-state index in [4.69, 9.17) is 25.5 Å². The highest BCUT2D eigenvalue weighted by atomic mass is 35.5. The lowest BCUT2D eigenvalue weighted by Gasteiger charge is -2.39. The van der Waals surface area contributed by atoms with Gasteiger partial charge in [-0.05, 0) is 71.9 Å². The van der Waals surface area contributed by atoms with Crippen molar-refractivity contribution in [3.8, 4) is 22.6 Å². The van der Waals surface area contributed by atoms with E-state index in [0.717, 1.165) is 27.8 Å². The number of phenols is 1. The molecule has 0 radical (unpaired) electrons. The van der Waals surface area contributed by atoms with E-state index in [0.29, 0.717) is 59.0 Å². The van der Waals surface area contributed by atoms with Crippen molar-refractivity contribution in [2.75, 3.05) is 30.9 Å². The number of aromatic amines is 1. The molecule has 56 heavy (non-hydrogen) atoms. The molecule has 1 atom stereocenters. The Kier molecular flexibility index (Phi) is 13.5. The summed E-state index contributed by atoms with van der Waals surface area (Å²) in [7, 11) is -0.755. The molecule has 12 nitrogen and oxygen atoms in total. The summed E-state index contributed by atoms with van der Waals surface area (Å²) in [6, 6.07) is 25.0. The van der Waals surface area contributed by atoms with Gasteiger partial charge in [-0.25, -0.2) is 9.59 Å². The average Bonchev–Trinajstić information content (AvgIpc) is 3.14. The molecule has 0 fully saturated rings. The number of ether oxygens (including phenoxy) is 2. The van der Waals surface area contributed by atoms with Gasteiger partial charge < -0.3 is 34.4 Å². The van der Waals surface area contributed by atoms with Gasteiger partial charge in [-0.2, -0.15) is 0 Å². The zero-order valence-corrected chi connectivity index (χ0v) is 34.2. The van der Waals surface area contributed by atoms with Crippen LogP contribution in [0.2, 0.25) is 23.2 Å². The number of aryl methyl sites for hydroxylation is 1. The average molecular weight is 801 g/mol. The van der Waals surface area contributed by atoms with E-state index in [1.165, 1.54) is 13.2 Å². The number of phenolic OH excluding ortho intramolecular Hbond substituents is 1. The maximum atomic E-state index is 12.8. The number of hydrogen-bond acceptors (Lipinski definition) is 8. The standard InChI is InChI=1S/C42H49ClN4O8Si/c1-42(2,3)56(5,6)55-37(30-16-18-35(48)39-31(30)17-19-38(49)47-39)25-44-24-28-22-32(43)34(23-36(28)53-4)46-41(52)54-20-10-11-26-14-15-29(27-12-8-7-9-13-27)33(21-26)45-40(50)51/h7-9,12-19,21-23,37,44-45,48H,10-11,20,24-25H2,1-6H3,(H,46,52)(H,47,49)(H,50,51)/t37-/m1/s1. The molecule has 0 aliphatic rings. The number of anilines is 2. The van der Waals surface area contributed by atoms with Crippen LogP contribution in [0.3, 0.4) is 0 Å². The Labute approximate surface area is 332 Å². The van der Waals surface area contributed by atoms with E-state index in [9.17, 15) is 24.6 Å². The Morgan fingerprint density at radius 3 is 2.39 bits per heavy atom. The lowest BCUT2D eigenvalue weighted by Crippen LogP contribution is -2.43. The fraction of sp³-hybridized carbons (Fsp3) is 0.310. The number of carbonyl (C=O) groups excluding carboxylic acids is 1. The maximum Gasteiger partial charge on any atom is 0.411 e. The van der Waals surface area contributed by atoms with Gasteiger partial charge in [0, 0.05) is 41.7 Å². The lowest BCUT2D eigenvalue weighted by molar-refractivity contribution is 0.160. The maximum absolute atomic E-state index is 12.8. The molecule has 0 aliphatic carbocycles. The minimum atomic E-state index is -2.29. The zero-order valence-electron chi connectivity index (χ0n) is 32.4. The molecular weight excluding hydrogens is 752 g/mol. The predicted molar refractivity (Wildman–Crippen MR) is 224 cm³/mol. The number of aromatic hydroxyl groups is 1. The van der Waals surface area contributed by atoms with Crippen molar-refractivity contribution in [2.45, 2.75) is 64.4 Å². The normalized spacial score (nSPS) is 12.3. The molecule has 0 aliphatic heterocycles. The number of benzene rings is 4. The number of rotatable bonds is 15. The monoisotopic (exact) mass is 800 g/mol. The number of hydrogen-bond donors (Lipinski definition) is 6. The van der Waals surface area contributed by atoms with Crippen molar-refractivity contribution in [3.05, 3.63) is 117 Å². The number of carbonyl (C=O) groups is 2. The van der Waals surface area contributed by atoms with Gasteiger partial charge in [-0.3, -0.25) is 15.4 Å². The topological polar surface area (TPSA) is 171 Å². The first kappa shape index (κ1) is 41.8. The third-order valence-corrected chi connectivity index (χ3v) is 14.8. The highest BCUT2D eigenvalue weighted by Crippen LogP contribution is 2.41. The molecule has 1 aromatic heterocycles. The van der Waals surface area contributed by atoms with E-state index in [1.807, 2.05) is 48.5 Å². The molecule has 5 aromatic rings. The molecule has 2 amide bonds. The molecule has 0 saturated heterocycles. The number of pyridine rings is 1. The molecule has 5 rings (SSSR count). The van der Waals surface area contributed by atoms with Crippen molar-refractivity contribution in [1.29, 1.82) is 0 Å². The summed E-state index contributed by atoms with van der Waals surface area (Å²) in [5, 5.41) is 29.5. The van der Waals surface area contributed by atoms with E-state index in [2.05, 4.69) is 54.8 Å². The summed E-state index contributed by atoms with van der Waals surface area (Å²) in [4.78, 5) is 39.1. The molecule has 0 saturated carbocycles. The van der Waals surface area contributed by atoms with Crippen LogP contribution < -0.4 is 26.2 Å². The summed E-state index contributed by atoms with van der Waals surface area (Å²) >= 11 is 6.65. The molecular formula is C42H49ClN4O8Si. The highest BCUT2D eigenvalue weighted by Gasteiger charge is 2.39. The second-order valence-corrected chi connectivity index (χ2v) is 20.1. The van der Waals surface area contributed by atoms with Crippen LogP contribution in [0.5, 0.6) is 11.5 Å². The van der Waals surface area contributed by atoms with Crippen molar-refractivity contribution < 1.29 is 33.7 Å². The first-order valence-electron chi connectivity index (χ1n) is 18.3. The summed E-state index contributed by atoms with van der Waals surface area (Å²) in [5.74, 6) is 0.477. The molecule has 6 N–H and O–H groups in total. The van der Waals surface area contributed by atoms with E-state index >= 15 is 0 Å². The summed E-state index contributed by atoms with van der Waals surface area (Å²) in [6.45, 7) is 11.7. The number of halogens is 1. The second-order valence-electron chi connectivity index (χ2n) is 15.0. The first-order chi connectivity index (χ1) is 26.6.